The Balaban J connectivity index is 1.49. The highest BCUT2D eigenvalue weighted by molar-refractivity contribution is 7.92. The Kier molecular flexibility index (Phi) is 10.3. The molecule has 1 saturated heterocycles. The molecule has 41 heavy (non-hydrogen) atoms. The number of nitrogens with zero attached hydrogens (tertiary/aromatic N) is 3. The Bertz CT molecular complexity index is 1420. The molecule has 0 spiro atoms. The smallest absolute Gasteiger partial charge is 0.264 e. The van der Waals surface area contributed by atoms with E-state index in [2.05, 4.69) is 29.2 Å². The fourth-order valence-electron chi connectivity index (χ4n) is 4.60. The lowest BCUT2D eigenvalue weighted by Gasteiger charge is -2.35. The third kappa shape index (κ3) is 7.59. The minimum atomic E-state index is -4.13. The predicted octanol–water partition coefficient (Wildman–Crippen LogP) is 4.16. The van der Waals surface area contributed by atoms with E-state index < -0.39 is 10.0 Å². The molecule has 0 aliphatic carbocycles. The molecule has 1 heterocycles. The predicted molar refractivity (Wildman–Crippen MR) is 160 cm³/mol. The van der Waals surface area contributed by atoms with Crippen LogP contribution in [-0.4, -0.2) is 84.2 Å². The first kappa shape index (κ1) is 30.0. The van der Waals surface area contributed by atoms with Gasteiger partial charge in [0.05, 0.1) is 31.4 Å². The van der Waals surface area contributed by atoms with Gasteiger partial charge in [0.25, 0.3) is 10.0 Å². The van der Waals surface area contributed by atoms with E-state index in [0.717, 1.165) is 16.4 Å². The van der Waals surface area contributed by atoms with Crippen LogP contribution >= 0.6 is 0 Å². The van der Waals surface area contributed by atoms with Crippen LogP contribution in [0.3, 0.4) is 0 Å². The van der Waals surface area contributed by atoms with Gasteiger partial charge in [-0.05, 0) is 48.9 Å². The molecule has 0 bridgehead atoms. The Labute approximate surface area is 242 Å². The Morgan fingerprint density at radius 2 is 1.59 bits per heavy atom. The van der Waals surface area contributed by atoms with E-state index in [9.17, 15) is 13.2 Å². The molecule has 0 saturated carbocycles. The van der Waals surface area contributed by atoms with E-state index in [1.165, 1.54) is 32.4 Å². The highest BCUT2D eigenvalue weighted by Crippen LogP contribution is 2.32. The van der Waals surface area contributed by atoms with Gasteiger partial charge in [-0.3, -0.25) is 14.0 Å². The van der Waals surface area contributed by atoms with E-state index in [4.69, 9.17) is 14.2 Å². The Morgan fingerprint density at radius 3 is 2.22 bits per heavy atom. The van der Waals surface area contributed by atoms with Gasteiger partial charge < -0.3 is 19.1 Å². The zero-order valence-electron chi connectivity index (χ0n) is 23.7. The first-order valence-electron chi connectivity index (χ1n) is 13.5. The summed E-state index contributed by atoms with van der Waals surface area (Å²) in [4.78, 5) is 17.5. The van der Waals surface area contributed by atoms with Crippen LogP contribution in [0.15, 0.2) is 83.8 Å². The quantitative estimate of drug-likeness (QED) is 0.319. The third-order valence-electron chi connectivity index (χ3n) is 6.86. The van der Waals surface area contributed by atoms with Gasteiger partial charge >= 0.3 is 0 Å². The number of ether oxygens (including phenoxy) is 3. The maximum atomic E-state index is 13.9. The van der Waals surface area contributed by atoms with Crippen molar-refractivity contribution < 1.29 is 27.4 Å². The fraction of sp³-hybridized carbons (Fsp3) is 0.323. The molecule has 218 valence electrons. The van der Waals surface area contributed by atoms with Crippen LogP contribution in [-0.2, 0) is 14.8 Å². The minimum Gasteiger partial charge on any atom is -0.494 e. The number of piperazine rings is 1. The topological polar surface area (TPSA) is 88.6 Å². The van der Waals surface area contributed by atoms with Gasteiger partial charge in [0.15, 0.2) is 11.5 Å². The molecule has 1 aliphatic heterocycles. The Morgan fingerprint density at radius 1 is 0.902 bits per heavy atom. The summed E-state index contributed by atoms with van der Waals surface area (Å²) in [6.07, 6.45) is 4.21. The lowest BCUT2D eigenvalue weighted by molar-refractivity contribution is -0.131. The number of benzene rings is 3. The number of anilines is 1. The first-order chi connectivity index (χ1) is 19.8. The normalized spacial score (nSPS) is 14.2. The summed E-state index contributed by atoms with van der Waals surface area (Å²) in [5.74, 6) is 1.04. The summed E-state index contributed by atoms with van der Waals surface area (Å²) in [5.41, 5.74) is 1.51. The van der Waals surface area contributed by atoms with Crippen LogP contribution in [0.4, 0.5) is 5.69 Å². The van der Waals surface area contributed by atoms with Crippen molar-refractivity contribution in [2.75, 3.05) is 64.4 Å². The van der Waals surface area contributed by atoms with Crippen molar-refractivity contribution in [3.8, 4) is 17.2 Å². The zero-order valence-corrected chi connectivity index (χ0v) is 24.5. The summed E-state index contributed by atoms with van der Waals surface area (Å²) in [6.45, 7) is 5.25. The lowest BCUT2D eigenvalue weighted by Crippen LogP contribution is -2.51. The van der Waals surface area contributed by atoms with Crippen LogP contribution < -0.4 is 18.5 Å². The number of carbonyl (C=O) groups excluding carboxylic acids is 1. The van der Waals surface area contributed by atoms with Crippen molar-refractivity contribution in [3.05, 3.63) is 84.4 Å². The van der Waals surface area contributed by atoms with Crippen LogP contribution in [0.25, 0.3) is 6.08 Å². The van der Waals surface area contributed by atoms with Crippen molar-refractivity contribution in [2.24, 2.45) is 0 Å². The van der Waals surface area contributed by atoms with Gasteiger partial charge in [0.1, 0.15) is 12.3 Å². The molecule has 0 N–H and O–H groups in total. The maximum absolute atomic E-state index is 13.9. The molecule has 3 aromatic carbocycles. The highest BCUT2D eigenvalue weighted by atomic mass is 32.2. The number of carbonyl (C=O) groups is 1. The van der Waals surface area contributed by atoms with E-state index in [1.807, 2.05) is 25.1 Å². The maximum Gasteiger partial charge on any atom is 0.264 e. The Hall–Kier alpha value is -4.02. The second-order valence-corrected chi connectivity index (χ2v) is 11.3. The molecule has 10 heteroatoms. The third-order valence-corrected chi connectivity index (χ3v) is 8.63. The van der Waals surface area contributed by atoms with Gasteiger partial charge in [-0.25, -0.2) is 8.42 Å². The highest BCUT2D eigenvalue weighted by Gasteiger charge is 2.31. The van der Waals surface area contributed by atoms with Crippen LogP contribution in [0.5, 0.6) is 17.2 Å². The van der Waals surface area contributed by atoms with E-state index >= 15 is 0 Å². The van der Waals surface area contributed by atoms with E-state index in [-0.39, 0.29) is 23.1 Å². The molecular weight excluding hydrogens is 542 g/mol. The van der Waals surface area contributed by atoms with Crippen LogP contribution in [0, 0.1) is 0 Å². The largest absolute Gasteiger partial charge is 0.494 e. The van der Waals surface area contributed by atoms with Gasteiger partial charge in [0.2, 0.25) is 5.91 Å². The molecule has 4 rings (SSSR count). The molecule has 0 unspecified atom stereocenters. The average Bonchev–Trinajstić information content (AvgIpc) is 3.00. The average molecular weight is 580 g/mol. The van der Waals surface area contributed by atoms with Crippen molar-refractivity contribution in [1.82, 2.24) is 9.80 Å². The summed E-state index contributed by atoms with van der Waals surface area (Å²) >= 11 is 0. The van der Waals surface area contributed by atoms with Gasteiger partial charge in [-0.15, -0.1) is 0 Å². The molecule has 3 aromatic rings. The second kappa shape index (κ2) is 14.0. The standard InChI is InChI=1S/C31H37N3O6S/c1-4-40-27-14-12-26(13-15-27)34(41(36,37)28-16-17-29(38-2)30(23-28)39-3)24-31(35)33-21-19-32(20-22-33)18-8-11-25-9-6-5-7-10-25/h5-17,23H,4,18-22,24H2,1-3H3/b11-8+. The van der Waals surface area contributed by atoms with Gasteiger partial charge in [-0.1, -0.05) is 42.5 Å². The number of amides is 1. The summed E-state index contributed by atoms with van der Waals surface area (Å²) < 4.78 is 45.1. The van der Waals surface area contributed by atoms with Crippen LogP contribution in [0.2, 0.25) is 0 Å². The molecule has 0 atom stereocenters. The summed E-state index contributed by atoms with van der Waals surface area (Å²) in [7, 11) is -1.20. The van der Waals surface area contributed by atoms with Crippen molar-refractivity contribution in [1.29, 1.82) is 0 Å². The fourth-order valence-corrected chi connectivity index (χ4v) is 6.03. The molecule has 1 aliphatic rings. The lowest BCUT2D eigenvalue weighted by atomic mass is 10.2. The molecular formula is C31H37N3O6S. The van der Waals surface area contributed by atoms with Gasteiger partial charge in [0, 0.05) is 38.8 Å². The number of rotatable bonds is 12. The van der Waals surface area contributed by atoms with Crippen molar-refractivity contribution >= 4 is 27.7 Å². The molecule has 1 fully saturated rings. The molecule has 1 amide bonds. The molecule has 0 aromatic heterocycles. The number of methoxy groups -OCH3 is 2. The van der Waals surface area contributed by atoms with E-state index in [1.54, 1.807) is 29.2 Å². The number of hydrogen-bond donors (Lipinski definition) is 0. The van der Waals surface area contributed by atoms with Gasteiger partial charge in [-0.2, -0.15) is 0 Å². The SMILES string of the molecule is CCOc1ccc(N(CC(=O)N2CCN(C/C=C/c3ccccc3)CC2)S(=O)(=O)c2ccc(OC)c(OC)c2)cc1. The monoisotopic (exact) mass is 579 g/mol. The summed E-state index contributed by atoms with van der Waals surface area (Å²) in [6, 6.07) is 21.2. The minimum absolute atomic E-state index is 0.00754. The number of hydrogen-bond acceptors (Lipinski definition) is 7. The second-order valence-electron chi connectivity index (χ2n) is 9.45. The summed E-state index contributed by atoms with van der Waals surface area (Å²) in [5, 5.41) is 0. The molecule has 0 radical (unpaired) electrons. The van der Waals surface area contributed by atoms with Crippen molar-refractivity contribution in [3.63, 3.8) is 0 Å². The van der Waals surface area contributed by atoms with Crippen LogP contribution in [0.1, 0.15) is 12.5 Å². The number of sulfonamides is 1. The van der Waals surface area contributed by atoms with Crippen molar-refractivity contribution in [2.45, 2.75) is 11.8 Å². The first-order valence-corrected chi connectivity index (χ1v) is 15.0. The zero-order chi connectivity index (χ0) is 29.2. The van der Waals surface area contributed by atoms with E-state index in [0.29, 0.717) is 50.0 Å². The molecule has 9 nitrogen and oxygen atoms in total.